The predicted octanol–water partition coefficient (Wildman–Crippen LogP) is 3.23. The SMILES string of the molecule is Cc1nn(-c2ccc(CNC3CC3)cc2F)cc1Cl. The van der Waals surface area contributed by atoms with Gasteiger partial charge in [0, 0.05) is 18.8 Å². The second kappa shape index (κ2) is 4.94. The summed E-state index contributed by atoms with van der Waals surface area (Å²) in [7, 11) is 0. The molecule has 1 saturated carbocycles. The molecule has 0 atom stereocenters. The van der Waals surface area contributed by atoms with Gasteiger partial charge >= 0.3 is 0 Å². The van der Waals surface area contributed by atoms with E-state index in [-0.39, 0.29) is 5.82 Å². The minimum absolute atomic E-state index is 0.283. The Kier molecular flexibility index (Phi) is 3.29. The fraction of sp³-hybridized carbons (Fsp3) is 0.357. The van der Waals surface area contributed by atoms with Crippen LogP contribution < -0.4 is 5.32 Å². The summed E-state index contributed by atoms with van der Waals surface area (Å²) in [5.74, 6) is -0.283. The quantitative estimate of drug-likeness (QED) is 0.931. The van der Waals surface area contributed by atoms with Crippen molar-refractivity contribution in [3.05, 3.63) is 46.5 Å². The van der Waals surface area contributed by atoms with E-state index in [0.29, 0.717) is 29.0 Å². The second-order valence-corrected chi connectivity index (χ2v) is 5.36. The fourth-order valence-corrected chi connectivity index (χ4v) is 2.09. The Morgan fingerprint density at radius 2 is 2.26 bits per heavy atom. The molecule has 100 valence electrons. The van der Waals surface area contributed by atoms with E-state index in [1.54, 1.807) is 25.3 Å². The van der Waals surface area contributed by atoms with Crippen LogP contribution >= 0.6 is 11.6 Å². The highest BCUT2D eigenvalue weighted by Crippen LogP contribution is 2.21. The van der Waals surface area contributed by atoms with Crippen molar-refractivity contribution >= 4 is 11.6 Å². The first-order valence-corrected chi connectivity index (χ1v) is 6.75. The Balaban J connectivity index is 1.81. The third kappa shape index (κ3) is 2.80. The summed E-state index contributed by atoms with van der Waals surface area (Å²) in [4.78, 5) is 0. The molecule has 1 aliphatic rings. The van der Waals surface area contributed by atoms with Gasteiger partial charge in [0.1, 0.15) is 11.5 Å². The van der Waals surface area contributed by atoms with E-state index in [1.165, 1.54) is 17.5 Å². The van der Waals surface area contributed by atoms with Gasteiger partial charge in [-0.25, -0.2) is 9.07 Å². The van der Waals surface area contributed by atoms with Crippen molar-refractivity contribution in [3.8, 4) is 5.69 Å². The zero-order valence-corrected chi connectivity index (χ0v) is 11.4. The molecule has 1 heterocycles. The van der Waals surface area contributed by atoms with Crippen LogP contribution in [0.15, 0.2) is 24.4 Å². The summed E-state index contributed by atoms with van der Waals surface area (Å²) in [5.41, 5.74) is 2.06. The highest BCUT2D eigenvalue weighted by molar-refractivity contribution is 6.31. The predicted molar refractivity (Wildman–Crippen MR) is 73.1 cm³/mol. The number of nitrogens with one attached hydrogen (secondary N) is 1. The molecule has 19 heavy (non-hydrogen) atoms. The van der Waals surface area contributed by atoms with E-state index in [9.17, 15) is 4.39 Å². The van der Waals surface area contributed by atoms with Crippen LogP contribution in [0.2, 0.25) is 5.02 Å². The van der Waals surface area contributed by atoms with E-state index in [1.807, 2.05) is 6.07 Å². The number of halogens is 2. The maximum Gasteiger partial charge on any atom is 0.149 e. The number of aryl methyl sites for hydroxylation is 1. The van der Waals surface area contributed by atoms with E-state index in [2.05, 4.69) is 10.4 Å². The lowest BCUT2D eigenvalue weighted by atomic mass is 10.2. The van der Waals surface area contributed by atoms with Gasteiger partial charge in [-0.05, 0) is 37.5 Å². The molecule has 1 aromatic carbocycles. The molecule has 1 fully saturated rings. The van der Waals surface area contributed by atoms with Crippen LogP contribution in [0.4, 0.5) is 4.39 Å². The average molecular weight is 280 g/mol. The number of rotatable bonds is 4. The number of hydrogen-bond donors (Lipinski definition) is 1. The summed E-state index contributed by atoms with van der Waals surface area (Å²) in [5, 5.41) is 8.09. The van der Waals surface area contributed by atoms with E-state index >= 15 is 0 Å². The van der Waals surface area contributed by atoms with Crippen LogP contribution in [-0.2, 0) is 6.54 Å². The molecular formula is C14H15ClFN3. The average Bonchev–Trinajstić information content (AvgIpc) is 3.14. The first-order valence-electron chi connectivity index (χ1n) is 6.37. The number of aromatic nitrogens is 2. The second-order valence-electron chi connectivity index (χ2n) is 4.95. The van der Waals surface area contributed by atoms with Crippen molar-refractivity contribution in [1.29, 1.82) is 0 Å². The minimum atomic E-state index is -0.283. The van der Waals surface area contributed by atoms with Gasteiger partial charge in [0.2, 0.25) is 0 Å². The summed E-state index contributed by atoms with van der Waals surface area (Å²) < 4.78 is 15.6. The molecule has 0 saturated heterocycles. The van der Waals surface area contributed by atoms with Crippen molar-refractivity contribution in [2.75, 3.05) is 0 Å². The van der Waals surface area contributed by atoms with Gasteiger partial charge in [-0.15, -0.1) is 0 Å². The molecule has 5 heteroatoms. The molecule has 0 aliphatic heterocycles. The first-order chi connectivity index (χ1) is 9.13. The minimum Gasteiger partial charge on any atom is -0.310 e. The largest absolute Gasteiger partial charge is 0.310 e. The van der Waals surface area contributed by atoms with Gasteiger partial charge in [-0.2, -0.15) is 5.10 Å². The first kappa shape index (κ1) is 12.6. The molecule has 0 radical (unpaired) electrons. The summed E-state index contributed by atoms with van der Waals surface area (Å²) in [6.07, 6.45) is 4.08. The van der Waals surface area contributed by atoms with Gasteiger partial charge in [0.15, 0.2) is 0 Å². The van der Waals surface area contributed by atoms with Crippen molar-refractivity contribution in [1.82, 2.24) is 15.1 Å². The summed E-state index contributed by atoms with van der Waals surface area (Å²) >= 11 is 5.94. The van der Waals surface area contributed by atoms with Crippen molar-refractivity contribution < 1.29 is 4.39 Å². The molecule has 1 aromatic heterocycles. The molecular weight excluding hydrogens is 265 g/mol. The maximum atomic E-state index is 14.1. The van der Waals surface area contributed by atoms with E-state index < -0.39 is 0 Å². The molecule has 1 aliphatic carbocycles. The Labute approximate surface area is 116 Å². The molecule has 0 bridgehead atoms. The molecule has 2 aromatic rings. The van der Waals surface area contributed by atoms with Crippen molar-refractivity contribution in [2.24, 2.45) is 0 Å². The van der Waals surface area contributed by atoms with Gasteiger partial charge in [-0.3, -0.25) is 0 Å². The van der Waals surface area contributed by atoms with Crippen molar-refractivity contribution in [3.63, 3.8) is 0 Å². The highest BCUT2D eigenvalue weighted by Gasteiger charge is 2.20. The molecule has 0 amide bonds. The number of nitrogens with zero attached hydrogens (tertiary/aromatic N) is 2. The van der Waals surface area contributed by atoms with Crippen LogP contribution in [0.5, 0.6) is 0 Å². The number of benzene rings is 1. The van der Waals surface area contributed by atoms with Crippen LogP contribution in [0.3, 0.4) is 0 Å². The Morgan fingerprint density at radius 3 is 2.84 bits per heavy atom. The molecule has 3 rings (SSSR count). The summed E-state index contributed by atoms with van der Waals surface area (Å²) in [6.45, 7) is 2.51. The lowest BCUT2D eigenvalue weighted by Crippen LogP contribution is -2.15. The zero-order chi connectivity index (χ0) is 13.4. The third-order valence-corrected chi connectivity index (χ3v) is 3.64. The van der Waals surface area contributed by atoms with Gasteiger partial charge < -0.3 is 5.32 Å². The normalized spacial score (nSPS) is 14.9. The standard InChI is InChI=1S/C14H15ClFN3/c1-9-12(15)8-19(18-9)14-5-2-10(6-13(14)16)7-17-11-3-4-11/h2,5-6,8,11,17H,3-4,7H2,1H3. The van der Waals surface area contributed by atoms with Crippen molar-refractivity contribution in [2.45, 2.75) is 32.4 Å². The molecule has 3 nitrogen and oxygen atoms in total. The van der Waals surface area contributed by atoms with Gasteiger partial charge in [0.25, 0.3) is 0 Å². The Morgan fingerprint density at radius 1 is 1.47 bits per heavy atom. The van der Waals surface area contributed by atoms with Gasteiger partial charge in [-0.1, -0.05) is 17.7 Å². The highest BCUT2D eigenvalue weighted by atomic mass is 35.5. The Hall–Kier alpha value is -1.39. The lowest BCUT2D eigenvalue weighted by Gasteiger charge is -2.07. The number of hydrogen-bond acceptors (Lipinski definition) is 2. The van der Waals surface area contributed by atoms with E-state index in [4.69, 9.17) is 11.6 Å². The third-order valence-electron chi connectivity index (χ3n) is 3.27. The Bertz CT molecular complexity index is 585. The van der Waals surface area contributed by atoms with E-state index in [0.717, 1.165) is 5.56 Å². The maximum absolute atomic E-state index is 14.1. The fourth-order valence-electron chi connectivity index (χ4n) is 1.96. The van der Waals surface area contributed by atoms with Crippen LogP contribution in [-0.4, -0.2) is 15.8 Å². The van der Waals surface area contributed by atoms with Crippen LogP contribution in [0.1, 0.15) is 24.1 Å². The van der Waals surface area contributed by atoms with Crippen LogP contribution in [0.25, 0.3) is 5.69 Å². The molecule has 1 N–H and O–H groups in total. The lowest BCUT2D eigenvalue weighted by molar-refractivity contribution is 0.603. The summed E-state index contributed by atoms with van der Waals surface area (Å²) in [6, 6.07) is 5.83. The molecule has 0 unspecified atom stereocenters. The molecule has 0 spiro atoms. The zero-order valence-electron chi connectivity index (χ0n) is 10.7. The van der Waals surface area contributed by atoms with Gasteiger partial charge in [0.05, 0.1) is 10.7 Å². The smallest absolute Gasteiger partial charge is 0.149 e. The van der Waals surface area contributed by atoms with Crippen LogP contribution in [0, 0.1) is 12.7 Å². The topological polar surface area (TPSA) is 29.9 Å². The monoisotopic (exact) mass is 279 g/mol.